The molecule has 0 bridgehead atoms. The van der Waals surface area contributed by atoms with E-state index in [2.05, 4.69) is 37.6 Å². The van der Waals surface area contributed by atoms with Gasteiger partial charge in [-0.2, -0.15) is 4.98 Å². The van der Waals surface area contributed by atoms with Crippen molar-refractivity contribution in [2.75, 3.05) is 5.32 Å². The van der Waals surface area contributed by atoms with Crippen LogP contribution in [0, 0.1) is 0 Å². The number of hydrogen-bond donors (Lipinski definition) is 1. The summed E-state index contributed by atoms with van der Waals surface area (Å²) >= 11 is 1.41. The van der Waals surface area contributed by atoms with Crippen molar-refractivity contribution in [1.82, 2.24) is 25.3 Å². The van der Waals surface area contributed by atoms with Crippen LogP contribution in [0.1, 0.15) is 37.1 Å². The van der Waals surface area contributed by atoms with Crippen LogP contribution in [0.15, 0.2) is 29.0 Å². The summed E-state index contributed by atoms with van der Waals surface area (Å²) in [7, 11) is 0. The predicted molar refractivity (Wildman–Crippen MR) is 93.0 cm³/mol. The van der Waals surface area contributed by atoms with Crippen molar-refractivity contribution in [2.24, 2.45) is 0 Å². The summed E-state index contributed by atoms with van der Waals surface area (Å²) < 4.78 is 5.17. The van der Waals surface area contributed by atoms with Gasteiger partial charge in [0.2, 0.25) is 22.8 Å². The average molecular weight is 358 g/mol. The molecule has 0 spiro atoms. The van der Waals surface area contributed by atoms with E-state index in [1.165, 1.54) is 11.3 Å². The zero-order valence-electron chi connectivity index (χ0n) is 13.8. The maximum absolute atomic E-state index is 12.0. The van der Waals surface area contributed by atoms with Crippen LogP contribution < -0.4 is 5.32 Å². The van der Waals surface area contributed by atoms with Crippen LogP contribution in [-0.4, -0.2) is 31.2 Å². The summed E-state index contributed by atoms with van der Waals surface area (Å²) in [4.78, 5) is 20.3. The van der Waals surface area contributed by atoms with Gasteiger partial charge >= 0.3 is 0 Å². The van der Waals surface area contributed by atoms with E-state index in [1.807, 2.05) is 6.07 Å². The maximum atomic E-state index is 12.0. The van der Waals surface area contributed by atoms with Gasteiger partial charge < -0.3 is 9.84 Å². The van der Waals surface area contributed by atoms with Crippen molar-refractivity contribution in [1.29, 1.82) is 0 Å². The molecular formula is C16H18N6O2S. The Hall–Kier alpha value is -2.68. The number of nitrogens with zero attached hydrogens (tertiary/aromatic N) is 5. The molecule has 0 saturated heterocycles. The molecule has 0 aliphatic rings. The van der Waals surface area contributed by atoms with Gasteiger partial charge in [0, 0.05) is 37.2 Å². The van der Waals surface area contributed by atoms with Crippen LogP contribution in [0.2, 0.25) is 0 Å². The van der Waals surface area contributed by atoms with Crippen LogP contribution >= 0.6 is 11.3 Å². The number of nitrogens with one attached hydrogen (secondary N) is 1. The van der Waals surface area contributed by atoms with E-state index >= 15 is 0 Å². The Morgan fingerprint density at radius 3 is 3.04 bits per heavy atom. The summed E-state index contributed by atoms with van der Waals surface area (Å²) in [5.74, 6) is 0.724. The molecule has 0 unspecified atom stereocenters. The third kappa shape index (κ3) is 4.90. The minimum atomic E-state index is -0.153. The van der Waals surface area contributed by atoms with E-state index in [-0.39, 0.29) is 12.3 Å². The summed E-state index contributed by atoms with van der Waals surface area (Å²) in [6.07, 6.45) is 7.00. The molecule has 9 heteroatoms. The summed E-state index contributed by atoms with van der Waals surface area (Å²) in [6.45, 7) is 2.13. The molecular weight excluding hydrogens is 340 g/mol. The monoisotopic (exact) mass is 358 g/mol. The lowest BCUT2D eigenvalue weighted by Crippen LogP contribution is -2.12. The smallest absolute Gasteiger partial charge is 0.227 e. The van der Waals surface area contributed by atoms with Crippen molar-refractivity contribution in [3.63, 3.8) is 0 Å². The molecule has 1 amide bonds. The fraction of sp³-hybridized carbons (Fsp3) is 0.375. The average Bonchev–Trinajstić information content (AvgIpc) is 3.28. The Bertz CT molecular complexity index is 817. The molecule has 3 rings (SSSR count). The number of aromatic nitrogens is 5. The molecule has 0 aliphatic heterocycles. The lowest BCUT2D eigenvalue weighted by Gasteiger charge is -1.98. The van der Waals surface area contributed by atoms with Crippen molar-refractivity contribution in [3.8, 4) is 11.4 Å². The fourth-order valence-corrected chi connectivity index (χ4v) is 2.90. The highest BCUT2D eigenvalue weighted by atomic mass is 32.1. The highest BCUT2D eigenvalue weighted by Gasteiger charge is 2.12. The molecule has 3 aromatic rings. The van der Waals surface area contributed by atoms with Crippen LogP contribution in [0.3, 0.4) is 0 Å². The molecule has 3 aromatic heterocycles. The first-order valence-corrected chi connectivity index (χ1v) is 8.91. The molecule has 3 heterocycles. The minimum absolute atomic E-state index is 0.153. The Morgan fingerprint density at radius 1 is 1.32 bits per heavy atom. The first-order valence-electron chi connectivity index (χ1n) is 8.10. The molecule has 130 valence electrons. The molecule has 0 aromatic carbocycles. The van der Waals surface area contributed by atoms with Gasteiger partial charge in [0.1, 0.15) is 5.01 Å². The second-order valence-electron chi connectivity index (χ2n) is 5.41. The number of pyridine rings is 1. The van der Waals surface area contributed by atoms with Gasteiger partial charge in [0.05, 0.1) is 0 Å². The lowest BCUT2D eigenvalue weighted by molar-refractivity contribution is -0.116. The van der Waals surface area contributed by atoms with Crippen LogP contribution in [0.4, 0.5) is 5.13 Å². The molecule has 0 radical (unpaired) electrons. The molecule has 25 heavy (non-hydrogen) atoms. The summed E-state index contributed by atoms with van der Waals surface area (Å²) in [5.41, 5.74) is 0.774. The van der Waals surface area contributed by atoms with E-state index in [0.29, 0.717) is 23.3 Å². The van der Waals surface area contributed by atoms with Crippen LogP contribution in [0.5, 0.6) is 0 Å². The van der Waals surface area contributed by atoms with Crippen molar-refractivity contribution >= 4 is 22.4 Å². The third-order valence-corrected chi connectivity index (χ3v) is 4.31. The quantitative estimate of drug-likeness (QED) is 0.659. The van der Waals surface area contributed by atoms with Crippen molar-refractivity contribution in [3.05, 3.63) is 35.4 Å². The lowest BCUT2D eigenvalue weighted by atomic mass is 10.2. The van der Waals surface area contributed by atoms with E-state index in [1.54, 1.807) is 18.5 Å². The first kappa shape index (κ1) is 17.2. The molecule has 1 N–H and O–H groups in total. The molecule has 0 fully saturated rings. The van der Waals surface area contributed by atoms with E-state index < -0.39 is 0 Å². The van der Waals surface area contributed by atoms with E-state index in [4.69, 9.17) is 4.52 Å². The topological polar surface area (TPSA) is 107 Å². The highest BCUT2D eigenvalue weighted by Crippen LogP contribution is 2.18. The number of rotatable bonds is 8. The van der Waals surface area contributed by atoms with Crippen molar-refractivity contribution in [2.45, 2.75) is 39.0 Å². The maximum Gasteiger partial charge on any atom is 0.227 e. The predicted octanol–water partition coefficient (Wildman–Crippen LogP) is 2.90. The Labute approximate surface area is 148 Å². The number of amides is 1. The zero-order chi connectivity index (χ0) is 17.5. The van der Waals surface area contributed by atoms with Crippen LogP contribution in [-0.2, 0) is 17.6 Å². The number of unbranched alkanes of at least 4 members (excludes halogenated alkanes) is 1. The normalized spacial score (nSPS) is 10.8. The Balaban J connectivity index is 1.49. The highest BCUT2D eigenvalue weighted by molar-refractivity contribution is 7.15. The van der Waals surface area contributed by atoms with Crippen LogP contribution in [0.25, 0.3) is 11.4 Å². The molecule has 0 aliphatic carbocycles. The number of carbonyl (C=O) groups excluding carboxylic acids is 1. The zero-order valence-corrected chi connectivity index (χ0v) is 14.6. The Morgan fingerprint density at radius 2 is 2.24 bits per heavy atom. The number of anilines is 1. The number of aryl methyl sites for hydroxylation is 2. The standard InChI is InChI=1S/C16H18N6O2S/c1-2-3-6-14-20-21-16(25-14)18-12(23)7-8-13-19-15(22-24-13)11-5-4-9-17-10-11/h4-5,9-10H,2-3,6-8H2,1H3,(H,18,21,23). The van der Waals surface area contributed by atoms with Gasteiger partial charge in [-0.3, -0.25) is 9.78 Å². The summed E-state index contributed by atoms with van der Waals surface area (Å²) in [5, 5.41) is 16.2. The number of carbonyl (C=O) groups is 1. The van der Waals surface area contributed by atoms with Gasteiger partial charge in [-0.1, -0.05) is 29.8 Å². The van der Waals surface area contributed by atoms with Gasteiger partial charge in [-0.05, 0) is 18.6 Å². The Kier molecular flexibility index (Phi) is 5.78. The SMILES string of the molecule is CCCCc1nnc(NC(=O)CCc2nc(-c3cccnc3)no2)s1. The molecule has 0 atom stereocenters. The van der Waals surface area contributed by atoms with Gasteiger partial charge in [0.15, 0.2) is 0 Å². The second-order valence-corrected chi connectivity index (χ2v) is 6.47. The van der Waals surface area contributed by atoms with Gasteiger partial charge in [-0.25, -0.2) is 0 Å². The molecule has 8 nitrogen and oxygen atoms in total. The summed E-state index contributed by atoms with van der Waals surface area (Å²) in [6, 6.07) is 3.65. The first-order chi connectivity index (χ1) is 12.2. The van der Waals surface area contributed by atoms with Gasteiger partial charge in [-0.15, -0.1) is 10.2 Å². The second kappa shape index (κ2) is 8.43. The minimum Gasteiger partial charge on any atom is -0.339 e. The largest absolute Gasteiger partial charge is 0.339 e. The van der Waals surface area contributed by atoms with E-state index in [9.17, 15) is 4.79 Å². The molecule has 0 saturated carbocycles. The third-order valence-electron chi connectivity index (χ3n) is 3.41. The van der Waals surface area contributed by atoms with Gasteiger partial charge in [0.25, 0.3) is 0 Å². The van der Waals surface area contributed by atoms with Crippen molar-refractivity contribution < 1.29 is 9.32 Å². The fourth-order valence-electron chi connectivity index (χ4n) is 2.10. The number of hydrogen-bond acceptors (Lipinski definition) is 8. The van der Waals surface area contributed by atoms with E-state index in [0.717, 1.165) is 29.8 Å².